The van der Waals surface area contributed by atoms with Gasteiger partial charge in [-0.2, -0.15) is 5.10 Å². The molecule has 0 unspecified atom stereocenters. The Kier molecular flexibility index (Phi) is 4.75. The van der Waals surface area contributed by atoms with Crippen LogP contribution in [0.3, 0.4) is 0 Å². The van der Waals surface area contributed by atoms with Gasteiger partial charge >= 0.3 is 0 Å². The van der Waals surface area contributed by atoms with E-state index in [-0.39, 0.29) is 5.69 Å². The van der Waals surface area contributed by atoms with Crippen molar-refractivity contribution in [2.45, 2.75) is 33.4 Å². The molecule has 0 atom stereocenters. The lowest BCUT2D eigenvalue weighted by atomic mass is 10.2. The zero-order valence-corrected chi connectivity index (χ0v) is 13.0. The molecule has 1 N–H and O–H groups in total. The van der Waals surface area contributed by atoms with Gasteiger partial charge in [0.2, 0.25) is 0 Å². The van der Waals surface area contributed by atoms with Crippen LogP contribution in [0.1, 0.15) is 25.2 Å². The highest BCUT2D eigenvalue weighted by Gasteiger charge is 2.14. The number of hydrogen-bond donors (Lipinski definition) is 1. The Morgan fingerprint density at radius 3 is 2.65 bits per heavy atom. The van der Waals surface area contributed by atoms with Crippen molar-refractivity contribution in [3.05, 3.63) is 45.7 Å². The van der Waals surface area contributed by atoms with Gasteiger partial charge in [-0.3, -0.25) is 4.68 Å². The van der Waals surface area contributed by atoms with Crippen molar-refractivity contribution in [2.24, 2.45) is 0 Å². The molecule has 0 bridgehead atoms. The lowest BCUT2D eigenvalue weighted by Gasteiger charge is -2.09. The van der Waals surface area contributed by atoms with E-state index in [1.807, 2.05) is 18.5 Å². The van der Waals surface area contributed by atoms with Crippen LogP contribution in [0.15, 0.2) is 22.7 Å². The Labute approximate surface area is 125 Å². The van der Waals surface area contributed by atoms with Gasteiger partial charge in [-0.15, -0.1) is 0 Å². The predicted molar refractivity (Wildman–Crippen MR) is 78.7 cm³/mol. The molecule has 1 aromatic carbocycles. The van der Waals surface area contributed by atoms with Gasteiger partial charge in [0.1, 0.15) is 11.6 Å². The molecule has 0 radical (unpaired) electrons. The van der Waals surface area contributed by atoms with Crippen LogP contribution in [0.5, 0.6) is 0 Å². The molecule has 0 aliphatic carbocycles. The van der Waals surface area contributed by atoms with E-state index in [2.05, 4.69) is 26.3 Å². The number of rotatable bonds is 5. The average Bonchev–Trinajstić information content (AvgIpc) is 2.74. The van der Waals surface area contributed by atoms with Crippen molar-refractivity contribution in [3.8, 4) is 0 Å². The van der Waals surface area contributed by atoms with Crippen LogP contribution in [0.4, 0.5) is 14.5 Å². The van der Waals surface area contributed by atoms with E-state index in [1.54, 1.807) is 0 Å². The number of aryl methyl sites for hydroxylation is 2. The molecule has 3 nitrogen and oxygen atoms in total. The van der Waals surface area contributed by atoms with Crippen molar-refractivity contribution < 1.29 is 8.78 Å². The first-order chi connectivity index (χ1) is 9.56. The lowest BCUT2D eigenvalue weighted by molar-refractivity contribution is 0.583. The highest BCUT2D eigenvalue weighted by Crippen LogP contribution is 2.24. The molecule has 2 rings (SSSR count). The SMILES string of the molecule is CCc1nn(CC)c(CNc2ccc(F)cc2F)c1Br. The van der Waals surface area contributed by atoms with Crippen molar-refractivity contribution in [3.63, 3.8) is 0 Å². The Morgan fingerprint density at radius 2 is 2.05 bits per heavy atom. The van der Waals surface area contributed by atoms with Crippen molar-refractivity contribution >= 4 is 21.6 Å². The smallest absolute Gasteiger partial charge is 0.149 e. The fourth-order valence-electron chi connectivity index (χ4n) is 2.00. The molecule has 0 spiro atoms. The lowest BCUT2D eigenvalue weighted by Crippen LogP contribution is -2.09. The third-order valence-electron chi connectivity index (χ3n) is 3.07. The summed E-state index contributed by atoms with van der Waals surface area (Å²) in [5.74, 6) is -1.18. The second kappa shape index (κ2) is 6.35. The van der Waals surface area contributed by atoms with E-state index in [9.17, 15) is 8.78 Å². The average molecular weight is 344 g/mol. The zero-order valence-electron chi connectivity index (χ0n) is 11.4. The first-order valence-electron chi connectivity index (χ1n) is 6.49. The topological polar surface area (TPSA) is 29.9 Å². The maximum absolute atomic E-state index is 13.6. The van der Waals surface area contributed by atoms with E-state index in [0.29, 0.717) is 6.54 Å². The summed E-state index contributed by atoms with van der Waals surface area (Å²) in [7, 11) is 0. The Bertz CT molecular complexity index is 611. The van der Waals surface area contributed by atoms with Gasteiger partial charge in [0.25, 0.3) is 0 Å². The molecule has 0 saturated carbocycles. The van der Waals surface area contributed by atoms with Gasteiger partial charge in [-0.05, 0) is 41.4 Å². The van der Waals surface area contributed by atoms with Crippen LogP contribution < -0.4 is 5.32 Å². The number of aromatic nitrogens is 2. The summed E-state index contributed by atoms with van der Waals surface area (Å²) in [5, 5.41) is 7.45. The van der Waals surface area contributed by atoms with Gasteiger partial charge in [-0.1, -0.05) is 6.92 Å². The fourth-order valence-corrected chi connectivity index (χ4v) is 2.70. The Hall–Kier alpha value is -1.43. The molecule has 0 saturated heterocycles. The summed E-state index contributed by atoms with van der Waals surface area (Å²) in [6.07, 6.45) is 0.825. The normalized spacial score (nSPS) is 10.8. The van der Waals surface area contributed by atoms with Gasteiger partial charge in [0, 0.05) is 12.6 Å². The first-order valence-corrected chi connectivity index (χ1v) is 7.29. The summed E-state index contributed by atoms with van der Waals surface area (Å²) in [6, 6.07) is 3.49. The summed E-state index contributed by atoms with van der Waals surface area (Å²) >= 11 is 3.53. The molecule has 0 aliphatic heterocycles. The van der Waals surface area contributed by atoms with Gasteiger partial charge in [0.15, 0.2) is 0 Å². The highest BCUT2D eigenvalue weighted by molar-refractivity contribution is 9.10. The molecule has 0 amide bonds. The molecule has 2 aromatic rings. The van der Waals surface area contributed by atoms with Crippen LogP contribution in [-0.2, 0) is 19.5 Å². The highest BCUT2D eigenvalue weighted by atomic mass is 79.9. The molecule has 0 aliphatic rings. The minimum Gasteiger partial charge on any atom is -0.377 e. The maximum Gasteiger partial charge on any atom is 0.149 e. The van der Waals surface area contributed by atoms with Gasteiger partial charge in [-0.25, -0.2) is 8.78 Å². The molecular weight excluding hydrogens is 328 g/mol. The third-order valence-corrected chi connectivity index (χ3v) is 3.99. The number of nitrogens with one attached hydrogen (secondary N) is 1. The van der Waals surface area contributed by atoms with E-state index < -0.39 is 11.6 Å². The Balaban J connectivity index is 2.20. The summed E-state index contributed by atoms with van der Waals surface area (Å²) in [6.45, 7) is 5.19. The number of anilines is 1. The van der Waals surface area contributed by atoms with Crippen LogP contribution in [0, 0.1) is 11.6 Å². The van der Waals surface area contributed by atoms with Crippen molar-refractivity contribution in [2.75, 3.05) is 5.32 Å². The largest absolute Gasteiger partial charge is 0.377 e. The predicted octanol–water partition coefficient (Wildman–Crippen LogP) is 4.12. The second-order valence-corrected chi connectivity index (χ2v) is 5.15. The van der Waals surface area contributed by atoms with Crippen molar-refractivity contribution in [1.82, 2.24) is 9.78 Å². The molecule has 1 heterocycles. The quantitative estimate of drug-likeness (QED) is 0.884. The Morgan fingerprint density at radius 1 is 1.30 bits per heavy atom. The van der Waals surface area contributed by atoms with Crippen molar-refractivity contribution in [1.29, 1.82) is 0 Å². The summed E-state index contributed by atoms with van der Waals surface area (Å²) in [4.78, 5) is 0. The summed E-state index contributed by atoms with van der Waals surface area (Å²) < 4.78 is 29.2. The fraction of sp³-hybridized carbons (Fsp3) is 0.357. The van der Waals surface area contributed by atoms with E-state index >= 15 is 0 Å². The van der Waals surface area contributed by atoms with Gasteiger partial charge in [0.05, 0.1) is 28.1 Å². The molecule has 108 valence electrons. The van der Waals surface area contributed by atoms with Crippen LogP contribution in [0.25, 0.3) is 0 Å². The molecule has 6 heteroatoms. The molecule has 1 aromatic heterocycles. The minimum atomic E-state index is -0.598. The molecule has 0 fully saturated rings. The molecule has 20 heavy (non-hydrogen) atoms. The number of nitrogens with zero attached hydrogens (tertiary/aromatic N) is 2. The third kappa shape index (κ3) is 3.00. The number of hydrogen-bond acceptors (Lipinski definition) is 2. The monoisotopic (exact) mass is 343 g/mol. The van der Waals surface area contributed by atoms with Crippen LogP contribution >= 0.6 is 15.9 Å². The number of benzene rings is 1. The van der Waals surface area contributed by atoms with E-state index in [0.717, 1.165) is 34.9 Å². The van der Waals surface area contributed by atoms with E-state index in [4.69, 9.17) is 0 Å². The summed E-state index contributed by atoms with van der Waals surface area (Å²) in [5.41, 5.74) is 2.21. The first kappa shape index (κ1) is 15.0. The van der Waals surface area contributed by atoms with Crippen LogP contribution in [0.2, 0.25) is 0 Å². The molecular formula is C14H16BrF2N3. The standard InChI is InChI=1S/C14H16BrF2N3/c1-3-11-14(15)13(20(4-2)19-11)8-18-12-6-5-9(16)7-10(12)17/h5-7,18H,3-4,8H2,1-2H3. The minimum absolute atomic E-state index is 0.278. The van der Waals surface area contributed by atoms with E-state index in [1.165, 1.54) is 12.1 Å². The van der Waals surface area contributed by atoms with Crippen LogP contribution in [-0.4, -0.2) is 9.78 Å². The number of halogens is 3. The van der Waals surface area contributed by atoms with Gasteiger partial charge < -0.3 is 5.32 Å². The second-order valence-electron chi connectivity index (χ2n) is 4.35. The maximum atomic E-state index is 13.6. The zero-order chi connectivity index (χ0) is 14.7.